The smallest absolute Gasteiger partial charge is 0.254 e. The van der Waals surface area contributed by atoms with Crippen molar-refractivity contribution in [3.05, 3.63) is 36.0 Å². The van der Waals surface area contributed by atoms with Gasteiger partial charge in [0.25, 0.3) is 5.91 Å². The summed E-state index contributed by atoms with van der Waals surface area (Å²) in [4.78, 5) is 17.4. The Bertz CT molecular complexity index is 557. The third kappa shape index (κ3) is 3.37. The number of benzene rings is 1. The second kappa shape index (κ2) is 7.07. The second-order valence-electron chi connectivity index (χ2n) is 4.56. The van der Waals surface area contributed by atoms with Crippen LogP contribution in [0.15, 0.2) is 30.5 Å². The molecule has 0 radical (unpaired) electrons. The van der Waals surface area contributed by atoms with E-state index in [1.54, 1.807) is 19.1 Å². The van der Waals surface area contributed by atoms with Crippen LogP contribution in [0.25, 0.3) is 10.9 Å². The van der Waals surface area contributed by atoms with Crippen LogP contribution in [0.4, 0.5) is 0 Å². The number of ether oxygens (including phenoxy) is 2. The first-order chi connectivity index (χ1) is 9.76. The molecule has 1 aromatic heterocycles. The molecule has 0 saturated carbocycles. The van der Waals surface area contributed by atoms with Gasteiger partial charge in [0, 0.05) is 44.6 Å². The predicted molar refractivity (Wildman–Crippen MR) is 78.0 cm³/mol. The third-order valence-electron chi connectivity index (χ3n) is 3.22. The Hall–Kier alpha value is -1.85. The van der Waals surface area contributed by atoms with Gasteiger partial charge < -0.3 is 19.4 Å². The number of carbonyl (C=O) groups is 1. The highest BCUT2D eigenvalue weighted by Crippen LogP contribution is 2.15. The Morgan fingerprint density at radius 2 is 1.85 bits per heavy atom. The van der Waals surface area contributed by atoms with Gasteiger partial charge in [0.1, 0.15) is 0 Å². The number of H-pyrrole nitrogens is 1. The summed E-state index contributed by atoms with van der Waals surface area (Å²) in [6, 6.07) is 7.66. The van der Waals surface area contributed by atoms with Crippen molar-refractivity contribution in [1.29, 1.82) is 0 Å². The average Bonchev–Trinajstić information content (AvgIpc) is 2.94. The molecule has 1 N–H and O–H groups in total. The van der Waals surface area contributed by atoms with Gasteiger partial charge >= 0.3 is 0 Å². The first-order valence-corrected chi connectivity index (χ1v) is 6.60. The zero-order chi connectivity index (χ0) is 14.4. The molecule has 0 atom stereocenters. The van der Waals surface area contributed by atoms with Gasteiger partial charge in [-0.25, -0.2) is 0 Å². The lowest BCUT2D eigenvalue weighted by atomic mass is 10.1. The molecule has 0 aliphatic rings. The summed E-state index contributed by atoms with van der Waals surface area (Å²) in [5, 5.41) is 1.10. The number of hydrogen-bond donors (Lipinski definition) is 1. The van der Waals surface area contributed by atoms with Gasteiger partial charge in [-0.2, -0.15) is 0 Å². The maximum absolute atomic E-state index is 12.5. The quantitative estimate of drug-likeness (QED) is 0.840. The van der Waals surface area contributed by atoms with Gasteiger partial charge in [-0.05, 0) is 23.6 Å². The highest BCUT2D eigenvalue weighted by molar-refractivity contribution is 5.97. The van der Waals surface area contributed by atoms with Crippen LogP contribution < -0.4 is 0 Å². The molecule has 0 bridgehead atoms. The van der Waals surface area contributed by atoms with Crippen molar-refractivity contribution in [3.63, 3.8) is 0 Å². The normalized spacial score (nSPS) is 10.9. The molecule has 0 unspecified atom stereocenters. The molecule has 0 aliphatic carbocycles. The lowest BCUT2D eigenvalue weighted by Gasteiger charge is -2.22. The van der Waals surface area contributed by atoms with Gasteiger partial charge in [0.2, 0.25) is 0 Å². The summed E-state index contributed by atoms with van der Waals surface area (Å²) < 4.78 is 10.1. The van der Waals surface area contributed by atoms with Crippen molar-refractivity contribution in [2.75, 3.05) is 40.5 Å². The Kier molecular flexibility index (Phi) is 5.15. The number of hydrogen-bond acceptors (Lipinski definition) is 3. The zero-order valence-corrected chi connectivity index (χ0v) is 11.9. The summed E-state index contributed by atoms with van der Waals surface area (Å²) >= 11 is 0. The lowest BCUT2D eigenvalue weighted by Crippen LogP contribution is -2.36. The highest BCUT2D eigenvalue weighted by atomic mass is 16.5. The van der Waals surface area contributed by atoms with Crippen LogP contribution in [0, 0.1) is 0 Å². The van der Waals surface area contributed by atoms with E-state index in [-0.39, 0.29) is 5.91 Å². The molecule has 108 valence electrons. The minimum atomic E-state index is -0.00407. The Morgan fingerprint density at radius 1 is 1.15 bits per heavy atom. The van der Waals surface area contributed by atoms with Gasteiger partial charge in [-0.15, -0.1) is 0 Å². The van der Waals surface area contributed by atoms with Crippen molar-refractivity contribution in [1.82, 2.24) is 9.88 Å². The number of rotatable bonds is 7. The number of nitrogens with one attached hydrogen (secondary N) is 1. The van der Waals surface area contributed by atoms with E-state index in [2.05, 4.69) is 4.98 Å². The van der Waals surface area contributed by atoms with Crippen molar-refractivity contribution in [2.45, 2.75) is 0 Å². The van der Waals surface area contributed by atoms with E-state index in [0.717, 1.165) is 10.9 Å². The summed E-state index contributed by atoms with van der Waals surface area (Å²) in [6.07, 6.45) is 1.87. The SMILES string of the molecule is COCCN(CCOC)C(=O)c1ccc2cc[nH]c2c1. The molecule has 2 rings (SSSR count). The third-order valence-corrected chi connectivity index (χ3v) is 3.22. The monoisotopic (exact) mass is 276 g/mol. The fourth-order valence-electron chi connectivity index (χ4n) is 2.08. The van der Waals surface area contributed by atoms with E-state index in [1.165, 1.54) is 0 Å². The first kappa shape index (κ1) is 14.6. The largest absolute Gasteiger partial charge is 0.383 e. The predicted octanol–water partition coefficient (Wildman–Crippen LogP) is 1.90. The minimum Gasteiger partial charge on any atom is -0.383 e. The number of fused-ring (bicyclic) bond motifs is 1. The van der Waals surface area contributed by atoms with Crippen LogP contribution >= 0.6 is 0 Å². The molecular formula is C15H20N2O3. The Labute approximate surface area is 118 Å². The van der Waals surface area contributed by atoms with Crippen LogP contribution in [0.1, 0.15) is 10.4 Å². The van der Waals surface area contributed by atoms with Gasteiger partial charge in [-0.3, -0.25) is 4.79 Å². The first-order valence-electron chi connectivity index (χ1n) is 6.60. The topological polar surface area (TPSA) is 54.6 Å². The molecular weight excluding hydrogens is 256 g/mol. The summed E-state index contributed by atoms with van der Waals surface area (Å²) in [5.74, 6) is -0.00407. The number of amides is 1. The van der Waals surface area contributed by atoms with Crippen LogP contribution in [-0.4, -0.2) is 56.3 Å². The number of methoxy groups -OCH3 is 2. The van der Waals surface area contributed by atoms with E-state index in [4.69, 9.17) is 9.47 Å². The number of carbonyl (C=O) groups excluding carboxylic acids is 1. The zero-order valence-electron chi connectivity index (χ0n) is 11.9. The molecule has 1 amide bonds. The summed E-state index contributed by atoms with van der Waals surface area (Å²) in [6.45, 7) is 2.14. The van der Waals surface area contributed by atoms with E-state index in [9.17, 15) is 4.79 Å². The minimum absolute atomic E-state index is 0.00407. The highest BCUT2D eigenvalue weighted by Gasteiger charge is 2.15. The van der Waals surface area contributed by atoms with Gasteiger partial charge in [-0.1, -0.05) is 6.07 Å². The van der Waals surface area contributed by atoms with Crippen molar-refractivity contribution >= 4 is 16.8 Å². The summed E-state index contributed by atoms with van der Waals surface area (Å²) in [7, 11) is 3.26. The fraction of sp³-hybridized carbons (Fsp3) is 0.400. The number of nitrogens with zero attached hydrogens (tertiary/aromatic N) is 1. The molecule has 0 spiro atoms. The van der Waals surface area contributed by atoms with E-state index in [0.29, 0.717) is 31.9 Å². The molecule has 5 nitrogen and oxygen atoms in total. The van der Waals surface area contributed by atoms with E-state index < -0.39 is 0 Å². The van der Waals surface area contributed by atoms with Crippen LogP contribution in [-0.2, 0) is 9.47 Å². The molecule has 20 heavy (non-hydrogen) atoms. The van der Waals surface area contributed by atoms with E-state index in [1.807, 2.05) is 30.5 Å². The standard InChI is InChI=1S/C15H20N2O3/c1-19-9-7-17(8-10-20-2)15(18)13-4-3-12-5-6-16-14(12)11-13/h3-6,11,16H,7-10H2,1-2H3. The van der Waals surface area contributed by atoms with Crippen molar-refractivity contribution in [3.8, 4) is 0 Å². The fourth-order valence-corrected chi connectivity index (χ4v) is 2.08. The number of aromatic nitrogens is 1. The molecule has 2 aromatic rings. The van der Waals surface area contributed by atoms with Crippen LogP contribution in [0.3, 0.4) is 0 Å². The molecule has 0 saturated heterocycles. The molecule has 0 fully saturated rings. The molecule has 5 heteroatoms. The Balaban J connectivity index is 2.15. The maximum Gasteiger partial charge on any atom is 0.254 e. The van der Waals surface area contributed by atoms with Crippen molar-refractivity contribution in [2.24, 2.45) is 0 Å². The number of aromatic amines is 1. The lowest BCUT2D eigenvalue weighted by molar-refractivity contribution is 0.0627. The average molecular weight is 276 g/mol. The summed E-state index contributed by atoms with van der Waals surface area (Å²) in [5.41, 5.74) is 1.64. The molecule has 0 aliphatic heterocycles. The van der Waals surface area contributed by atoms with E-state index >= 15 is 0 Å². The molecule has 1 heterocycles. The van der Waals surface area contributed by atoms with Crippen LogP contribution in [0.5, 0.6) is 0 Å². The second-order valence-corrected chi connectivity index (χ2v) is 4.56. The van der Waals surface area contributed by atoms with Crippen LogP contribution in [0.2, 0.25) is 0 Å². The maximum atomic E-state index is 12.5. The van der Waals surface area contributed by atoms with Gasteiger partial charge in [0.05, 0.1) is 13.2 Å². The van der Waals surface area contributed by atoms with Gasteiger partial charge in [0.15, 0.2) is 0 Å². The molecule has 1 aromatic carbocycles. The Morgan fingerprint density at radius 3 is 2.50 bits per heavy atom. The van der Waals surface area contributed by atoms with Crippen molar-refractivity contribution < 1.29 is 14.3 Å².